The fraction of sp³-hybridized carbons (Fsp3) is 0.111. The van der Waals surface area contributed by atoms with E-state index in [1.54, 1.807) is 48.7 Å². The number of aromatic amines is 1. The summed E-state index contributed by atoms with van der Waals surface area (Å²) in [6.45, 7) is 0. The molecule has 0 unspecified atom stereocenters. The number of carbonyl (C=O) groups excluding carboxylic acids is 3. The van der Waals surface area contributed by atoms with Crippen molar-refractivity contribution in [2.75, 3.05) is 0 Å². The normalized spacial score (nSPS) is 12.8. The van der Waals surface area contributed by atoms with Crippen LogP contribution in [-0.2, 0) is 16.0 Å². The molecule has 0 spiro atoms. The van der Waals surface area contributed by atoms with Gasteiger partial charge in [0.05, 0.1) is 0 Å². The standard InChI is InChI=1S/C27H26N6O3/c28-24(29)17-9-6-10-18(13-17)26(35)33-23(16-7-2-1-3-8-16)27(36)32-22(25(30)34)14-19-15-31-21-12-5-4-11-20(19)21/h1-13,15,22-23,31H,14H2,(H3,28,29)(H2,30,34)(H,32,36)(H,33,35)/t22-,23+/m0/s1/i/hD. The molecule has 0 saturated carbocycles. The van der Waals surface area contributed by atoms with Crippen molar-refractivity contribution in [1.29, 1.82) is 5.41 Å². The van der Waals surface area contributed by atoms with E-state index >= 15 is 0 Å². The van der Waals surface area contributed by atoms with Crippen molar-refractivity contribution < 1.29 is 15.8 Å². The fourth-order valence-electron chi connectivity index (χ4n) is 3.93. The van der Waals surface area contributed by atoms with Crippen LogP contribution < -0.4 is 22.1 Å². The van der Waals surface area contributed by atoms with Gasteiger partial charge in [0, 0.05) is 34.6 Å². The van der Waals surface area contributed by atoms with Crippen molar-refractivity contribution in [3.05, 3.63) is 107 Å². The van der Waals surface area contributed by atoms with E-state index in [1.165, 1.54) is 12.1 Å². The van der Waals surface area contributed by atoms with Crippen molar-refractivity contribution in [2.24, 2.45) is 11.5 Å². The first-order valence-electron chi connectivity index (χ1n) is 11.7. The minimum Gasteiger partial charge on any atom is -0.384 e. The van der Waals surface area contributed by atoms with E-state index in [0.717, 1.165) is 16.5 Å². The minimum atomic E-state index is -1.38. The highest BCUT2D eigenvalue weighted by Crippen LogP contribution is 2.20. The Hall–Kier alpha value is -4.92. The number of nitrogens with one attached hydrogen (secondary N) is 4. The highest BCUT2D eigenvalue weighted by molar-refractivity contribution is 6.02. The van der Waals surface area contributed by atoms with E-state index in [-0.39, 0.29) is 17.8 Å². The lowest BCUT2D eigenvalue weighted by Crippen LogP contribution is -2.50. The summed E-state index contributed by atoms with van der Waals surface area (Å²) in [7, 11) is 0. The van der Waals surface area contributed by atoms with Crippen molar-refractivity contribution in [3.8, 4) is 0 Å². The first-order valence-corrected chi connectivity index (χ1v) is 11.2. The van der Waals surface area contributed by atoms with Crippen molar-refractivity contribution in [3.63, 3.8) is 0 Å². The number of para-hydroxylation sites is 1. The van der Waals surface area contributed by atoms with E-state index in [2.05, 4.69) is 10.3 Å². The Labute approximate surface area is 208 Å². The molecular formula is C27H26N6O3. The average Bonchev–Trinajstić information content (AvgIpc) is 3.31. The molecule has 182 valence electrons. The van der Waals surface area contributed by atoms with Gasteiger partial charge in [0.1, 0.15) is 17.9 Å². The number of amides is 3. The molecule has 0 radical (unpaired) electrons. The second-order valence-electron chi connectivity index (χ2n) is 8.27. The Morgan fingerprint density at radius 1 is 0.944 bits per heavy atom. The van der Waals surface area contributed by atoms with Gasteiger partial charge in [0.25, 0.3) is 5.91 Å². The molecule has 36 heavy (non-hydrogen) atoms. The van der Waals surface area contributed by atoms with Crippen molar-refractivity contribution in [2.45, 2.75) is 18.5 Å². The molecule has 0 aliphatic heterocycles. The maximum Gasteiger partial charge on any atom is 0.252 e. The maximum atomic E-state index is 13.5. The van der Waals surface area contributed by atoms with Gasteiger partial charge >= 0.3 is 0 Å². The second kappa shape index (κ2) is 10.6. The summed E-state index contributed by atoms with van der Waals surface area (Å²) in [5.74, 6) is -2.49. The van der Waals surface area contributed by atoms with Gasteiger partial charge in [0.2, 0.25) is 11.8 Å². The Bertz CT molecular complexity index is 1470. The van der Waals surface area contributed by atoms with Crippen LogP contribution in [0.2, 0.25) is 1.41 Å². The summed E-state index contributed by atoms with van der Waals surface area (Å²) in [5, 5.41) is 11.7. The molecule has 1 aromatic heterocycles. The number of H-pyrrole nitrogens is 1. The number of amidine groups is 1. The van der Waals surface area contributed by atoms with Crippen LogP contribution in [0.15, 0.2) is 85.1 Å². The zero-order valence-electron chi connectivity index (χ0n) is 20.3. The van der Waals surface area contributed by atoms with Gasteiger partial charge in [-0.05, 0) is 29.3 Å². The highest BCUT2D eigenvalue weighted by Gasteiger charge is 2.28. The summed E-state index contributed by atoms with van der Waals surface area (Å²) in [6, 6.07) is 19.4. The highest BCUT2D eigenvalue weighted by atomic mass is 16.2. The summed E-state index contributed by atoms with van der Waals surface area (Å²) < 4.78 is 8.59. The zero-order valence-corrected chi connectivity index (χ0v) is 19.3. The molecule has 9 nitrogen and oxygen atoms in total. The molecule has 3 aromatic carbocycles. The predicted molar refractivity (Wildman–Crippen MR) is 137 cm³/mol. The number of rotatable bonds is 9. The summed E-state index contributed by atoms with van der Waals surface area (Å²) in [4.78, 5) is 42.2. The number of nitrogen functional groups attached to an aromatic ring is 1. The summed E-state index contributed by atoms with van der Waals surface area (Å²) >= 11 is 0. The van der Waals surface area contributed by atoms with Gasteiger partial charge in [-0.1, -0.05) is 60.7 Å². The van der Waals surface area contributed by atoms with E-state index in [9.17, 15) is 14.4 Å². The van der Waals surface area contributed by atoms with Gasteiger partial charge in [-0.25, -0.2) is 0 Å². The first kappa shape index (κ1) is 22.9. The van der Waals surface area contributed by atoms with E-state index in [4.69, 9.17) is 18.3 Å². The smallest absolute Gasteiger partial charge is 0.252 e. The molecule has 9 heteroatoms. The molecule has 1 heterocycles. The zero-order chi connectivity index (χ0) is 26.5. The van der Waals surface area contributed by atoms with Crippen molar-refractivity contribution >= 4 is 34.5 Å². The molecule has 0 aliphatic carbocycles. The van der Waals surface area contributed by atoms with Crippen LogP contribution >= 0.6 is 0 Å². The number of aromatic nitrogens is 1. The third kappa shape index (κ3) is 5.41. The van der Waals surface area contributed by atoms with Gasteiger partial charge in [-0.2, -0.15) is 0 Å². The fourth-order valence-corrected chi connectivity index (χ4v) is 3.93. The molecule has 2 atom stereocenters. The quantitative estimate of drug-likeness (QED) is 0.159. The second-order valence-corrected chi connectivity index (χ2v) is 8.27. The monoisotopic (exact) mass is 483 g/mol. The topological polar surface area (TPSA) is 167 Å². The molecule has 3 amide bonds. The lowest BCUT2D eigenvalue weighted by Gasteiger charge is -2.22. The molecule has 4 aromatic rings. The molecule has 0 saturated heterocycles. The predicted octanol–water partition coefficient (Wildman–Crippen LogP) is 2.14. The van der Waals surface area contributed by atoms with Crippen LogP contribution in [0.3, 0.4) is 0 Å². The van der Waals surface area contributed by atoms with Crippen LogP contribution in [0.25, 0.3) is 10.9 Å². The van der Waals surface area contributed by atoms with Gasteiger partial charge < -0.3 is 27.1 Å². The molecule has 4 rings (SSSR count). The third-order valence-corrected chi connectivity index (χ3v) is 5.79. The molecule has 0 bridgehead atoms. The van der Waals surface area contributed by atoms with Crippen LogP contribution in [0.5, 0.6) is 0 Å². The third-order valence-electron chi connectivity index (χ3n) is 5.79. The first-order chi connectivity index (χ1) is 17.8. The summed E-state index contributed by atoms with van der Waals surface area (Å²) in [5.41, 5.74) is 13.6. The van der Waals surface area contributed by atoms with Crippen molar-refractivity contribution in [1.82, 2.24) is 15.6 Å². The SMILES string of the molecule is [2H]N(C(=O)c1cccc(C(=N)N)c1)[C@@H](C(=O)N[C@@H](Cc1c[nH]c2ccccc12)C(N)=O)c1ccccc1. The number of carbonyl (C=O) groups is 3. The Kier molecular flexibility index (Phi) is 6.70. The molecular weight excluding hydrogens is 456 g/mol. The van der Waals surface area contributed by atoms with Crippen LogP contribution in [0.1, 0.15) is 33.1 Å². The lowest BCUT2D eigenvalue weighted by molar-refractivity contribution is -0.128. The van der Waals surface area contributed by atoms with Gasteiger partial charge in [-0.3, -0.25) is 19.8 Å². The average molecular weight is 484 g/mol. The minimum absolute atomic E-state index is 0.0849. The number of benzene rings is 3. The number of hydrogen-bond donors (Lipinski definition) is 6. The number of fused-ring (bicyclic) bond motifs is 1. The van der Waals surface area contributed by atoms with E-state index < -0.39 is 29.8 Å². The largest absolute Gasteiger partial charge is 0.384 e. The number of primary amides is 1. The lowest BCUT2D eigenvalue weighted by atomic mass is 10.0. The van der Waals surface area contributed by atoms with Gasteiger partial charge in [-0.15, -0.1) is 0 Å². The van der Waals surface area contributed by atoms with Crippen LogP contribution in [-0.4, -0.2) is 34.6 Å². The van der Waals surface area contributed by atoms with Crippen LogP contribution in [0, 0.1) is 5.41 Å². The number of nitrogens with two attached hydrogens (primary N) is 2. The number of hydrogen-bond acceptors (Lipinski definition) is 4. The molecule has 0 fully saturated rings. The van der Waals surface area contributed by atoms with E-state index in [1.807, 2.05) is 24.3 Å². The maximum absolute atomic E-state index is 13.5. The van der Waals surface area contributed by atoms with E-state index in [0.29, 0.717) is 16.4 Å². The Morgan fingerprint density at radius 3 is 2.36 bits per heavy atom. The Balaban J connectivity index is 1.62. The Morgan fingerprint density at radius 2 is 1.64 bits per heavy atom. The molecule has 8 N–H and O–H groups in total. The van der Waals surface area contributed by atoms with Crippen LogP contribution in [0.4, 0.5) is 0 Å². The van der Waals surface area contributed by atoms with Gasteiger partial charge in [0.15, 0.2) is 1.41 Å². The summed E-state index contributed by atoms with van der Waals surface area (Å²) in [6.07, 6.45) is 1.88. The molecule has 0 aliphatic rings.